The van der Waals surface area contributed by atoms with Crippen molar-refractivity contribution in [1.82, 2.24) is 0 Å². The van der Waals surface area contributed by atoms with Crippen LogP contribution in [0.15, 0.2) is 24.3 Å². The van der Waals surface area contributed by atoms with E-state index in [9.17, 15) is 19.8 Å². The van der Waals surface area contributed by atoms with Crippen molar-refractivity contribution >= 4 is 11.9 Å². The Bertz CT molecular complexity index is 622. The van der Waals surface area contributed by atoms with Gasteiger partial charge in [0.05, 0.1) is 10.8 Å². The largest absolute Gasteiger partial charge is 0.481 e. The Balaban J connectivity index is 1.36. The van der Waals surface area contributed by atoms with Crippen molar-refractivity contribution in [3.05, 3.63) is 24.3 Å². The molecule has 4 rings (SSSR count). The first-order valence-corrected chi connectivity index (χ1v) is 10.1. The highest BCUT2D eigenvalue weighted by molar-refractivity contribution is 5.77. The highest BCUT2D eigenvalue weighted by atomic mass is 16.4. The molecule has 26 heavy (non-hydrogen) atoms. The first kappa shape index (κ1) is 17.8. The van der Waals surface area contributed by atoms with Crippen molar-refractivity contribution < 1.29 is 19.8 Å². The van der Waals surface area contributed by atoms with Crippen molar-refractivity contribution in [2.75, 3.05) is 0 Å². The molecule has 4 aliphatic carbocycles. The van der Waals surface area contributed by atoms with Crippen molar-refractivity contribution in [2.24, 2.45) is 46.3 Å². The lowest BCUT2D eigenvalue weighted by atomic mass is 9.66. The number of allylic oxidation sites excluding steroid dienone is 4. The molecule has 0 aromatic heterocycles. The van der Waals surface area contributed by atoms with Gasteiger partial charge in [-0.15, -0.1) is 0 Å². The van der Waals surface area contributed by atoms with Crippen LogP contribution in [-0.4, -0.2) is 22.2 Å². The summed E-state index contributed by atoms with van der Waals surface area (Å²) in [6.45, 7) is 3.85. The molecular formula is C22H30O4. The number of fused-ring (bicyclic) bond motifs is 4. The summed E-state index contributed by atoms with van der Waals surface area (Å²) in [7, 11) is 0. The molecule has 2 N–H and O–H groups in total. The van der Waals surface area contributed by atoms with E-state index in [-0.39, 0.29) is 23.7 Å². The maximum absolute atomic E-state index is 11.9. The Labute approximate surface area is 155 Å². The standard InChI is InChI=1S/C22H30O4/c1-21(19(23)24)15-9-7-13(11-15)17(21)5-3-4-6-18-14-8-10-16(12-14)22(18,2)20(25)26/h7-10,13-18H,3-6,11-12H2,1-2H3,(H,23,24)(H,25,26). The molecule has 8 atom stereocenters. The van der Waals surface area contributed by atoms with Gasteiger partial charge in [-0.25, -0.2) is 0 Å². The lowest BCUT2D eigenvalue weighted by Gasteiger charge is -2.36. The number of aliphatic carboxylic acids is 2. The van der Waals surface area contributed by atoms with Crippen molar-refractivity contribution in [2.45, 2.75) is 52.4 Å². The molecule has 0 amide bonds. The topological polar surface area (TPSA) is 74.6 Å². The molecule has 0 aromatic rings. The molecule has 4 heteroatoms. The minimum atomic E-state index is -0.656. The molecule has 0 aromatic carbocycles. The van der Waals surface area contributed by atoms with Gasteiger partial charge in [-0.2, -0.15) is 0 Å². The Morgan fingerprint density at radius 3 is 1.54 bits per heavy atom. The lowest BCUT2D eigenvalue weighted by molar-refractivity contribution is -0.154. The summed E-state index contributed by atoms with van der Waals surface area (Å²) in [5.74, 6) is 0.322. The molecule has 4 aliphatic rings. The monoisotopic (exact) mass is 358 g/mol. The number of carboxylic acid groups (broad SMARTS) is 2. The quantitative estimate of drug-likeness (QED) is 0.523. The highest BCUT2D eigenvalue weighted by Crippen LogP contribution is 2.59. The zero-order valence-electron chi connectivity index (χ0n) is 15.7. The second-order valence-electron chi connectivity index (χ2n) is 9.46. The second kappa shape index (κ2) is 5.97. The summed E-state index contributed by atoms with van der Waals surface area (Å²) in [5, 5.41) is 19.6. The third kappa shape index (κ3) is 2.26. The zero-order valence-corrected chi connectivity index (χ0v) is 15.7. The number of hydrogen-bond acceptors (Lipinski definition) is 2. The summed E-state index contributed by atoms with van der Waals surface area (Å²) in [4.78, 5) is 23.8. The van der Waals surface area contributed by atoms with E-state index in [4.69, 9.17) is 0 Å². The number of carbonyl (C=O) groups is 2. The van der Waals surface area contributed by atoms with Gasteiger partial charge in [-0.1, -0.05) is 37.1 Å². The molecule has 0 heterocycles. The molecule has 2 saturated carbocycles. The van der Waals surface area contributed by atoms with Crippen LogP contribution in [0.4, 0.5) is 0 Å². The van der Waals surface area contributed by atoms with Crippen LogP contribution in [-0.2, 0) is 9.59 Å². The second-order valence-corrected chi connectivity index (χ2v) is 9.46. The van der Waals surface area contributed by atoms with Crippen molar-refractivity contribution in [3.8, 4) is 0 Å². The Kier molecular flexibility index (Phi) is 4.09. The summed E-state index contributed by atoms with van der Waals surface area (Å²) < 4.78 is 0. The van der Waals surface area contributed by atoms with E-state index < -0.39 is 22.8 Å². The Morgan fingerprint density at radius 2 is 1.19 bits per heavy atom. The van der Waals surface area contributed by atoms with E-state index in [1.165, 1.54) is 0 Å². The van der Waals surface area contributed by atoms with E-state index in [1.807, 2.05) is 13.8 Å². The molecule has 0 radical (unpaired) electrons. The molecular weight excluding hydrogens is 328 g/mol. The van der Waals surface area contributed by atoms with E-state index in [0.29, 0.717) is 11.8 Å². The molecule has 0 spiro atoms. The van der Waals surface area contributed by atoms with E-state index >= 15 is 0 Å². The van der Waals surface area contributed by atoms with Gasteiger partial charge >= 0.3 is 11.9 Å². The number of hydrogen-bond donors (Lipinski definition) is 2. The fourth-order valence-corrected chi connectivity index (χ4v) is 6.77. The van der Waals surface area contributed by atoms with Gasteiger partial charge in [0, 0.05) is 0 Å². The number of unbranched alkanes of at least 4 members (excludes halogenated alkanes) is 1. The van der Waals surface area contributed by atoms with Gasteiger partial charge < -0.3 is 10.2 Å². The third-order valence-corrected chi connectivity index (χ3v) is 8.55. The fraction of sp³-hybridized carbons (Fsp3) is 0.727. The molecule has 0 aliphatic heterocycles. The fourth-order valence-electron chi connectivity index (χ4n) is 6.77. The summed E-state index contributed by atoms with van der Waals surface area (Å²) in [6, 6.07) is 0. The maximum atomic E-state index is 11.9. The van der Waals surface area contributed by atoms with Crippen LogP contribution in [0.2, 0.25) is 0 Å². The maximum Gasteiger partial charge on any atom is 0.310 e. The zero-order chi connectivity index (χ0) is 18.7. The van der Waals surface area contributed by atoms with Gasteiger partial charge in [0.1, 0.15) is 0 Å². The summed E-state index contributed by atoms with van der Waals surface area (Å²) >= 11 is 0. The first-order chi connectivity index (χ1) is 12.3. The highest BCUT2D eigenvalue weighted by Gasteiger charge is 2.58. The normalized spacial score (nSPS) is 47.8. The smallest absolute Gasteiger partial charge is 0.310 e. The Morgan fingerprint density at radius 1 is 0.808 bits per heavy atom. The Hall–Kier alpha value is -1.58. The molecule has 8 unspecified atom stereocenters. The van der Waals surface area contributed by atoms with E-state index in [0.717, 1.165) is 38.5 Å². The van der Waals surface area contributed by atoms with Crippen LogP contribution in [0.1, 0.15) is 52.4 Å². The van der Waals surface area contributed by atoms with E-state index in [1.54, 1.807) is 0 Å². The van der Waals surface area contributed by atoms with Gasteiger partial charge in [-0.3, -0.25) is 9.59 Å². The molecule has 4 nitrogen and oxygen atoms in total. The molecule has 142 valence electrons. The van der Waals surface area contributed by atoms with E-state index in [2.05, 4.69) is 24.3 Å². The third-order valence-electron chi connectivity index (χ3n) is 8.55. The van der Waals surface area contributed by atoms with Crippen molar-refractivity contribution in [1.29, 1.82) is 0 Å². The summed E-state index contributed by atoms with van der Waals surface area (Å²) in [5.41, 5.74) is -1.24. The van der Waals surface area contributed by atoms with Gasteiger partial charge in [0.2, 0.25) is 0 Å². The van der Waals surface area contributed by atoms with Crippen LogP contribution < -0.4 is 0 Å². The van der Waals surface area contributed by atoms with Crippen LogP contribution in [0.3, 0.4) is 0 Å². The lowest BCUT2D eigenvalue weighted by Crippen LogP contribution is -2.40. The predicted octanol–water partition coefficient (Wildman–Crippen LogP) is 4.37. The molecule has 4 bridgehead atoms. The molecule has 2 fully saturated rings. The van der Waals surface area contributed by atoms with Gasteiger partial charge in [-0.05, 0) is 75.0 Å². The minimum Gasteiger partial charge on any atom is -0.481 e. The summed E-state index contributed by atoms with van der Waals surface area (Å²) in [6.07, 6.45) is 14.5. The minimum absolute atomic E-state index is 0.181. The van der Waals surface area contributed by atoms with Gasteiger partial charge in [0.15, 0.2) is 0 Å². The van der Waals surface area contributed by atoms with Crippen LogP contribution in [0.25, 0.3) is 0 Å². The SMILES string of the molecule is CC1(C(=O)O)C2C=CC(C2)C1CCCCC1C2C=CC(C2)C1(C)C(=O)O. The average Bonchev–Trinajstić information content (AvgIpc) is 3.33. The first-order valence-electron chi connectivity index (χ1n) is 10.1. The van der Waals surface area contributed by atoms with Gasteiger partial charge in [0.25, 0.3) is 0 Å². The average molecular weight is 358 g/mol. The number of rotatable bonds is 7. The van der Waals surface area contributed by atoms with Crippen molar-refractivity contribution in [3.63, 3.8) is 0 Å². The predicted molar refractivity (Wildman–Crippen MR) is 98.4 cm³/mol. The van der Waals surface area contributed by atoms with Crippen LogP contribution >= 0.6 is 0 Å². The molecule has 0 saturated heterocycles. The van der Waals surface area contributed by atoms with Crippen LogP contribution in [0.5, 0.6) is 0 Å². The van der Waals surface area contributed by atoms with Crippen LogP contribution in [0, 0.1) is 46.3 Å². The number of carboxylic acids is 2.